The molecule has 4 fully saturated rings. The third-order valence-corrected chi connectivity index (χ3v) is 8.43. The lowest BCUT2D eigenvalue weighted by Crippen LogP contribution is -2.60. The molecule has 0 aromatic carbocycles. The number of hydrogen-bond donors (Lipinski definition) is 2. The third-order valence-electron chi connectivity index (χ3n) is 7.55. The summed E-state index contributed by atoms with van der Waals surface area (Å²) in [6.07, 6.45) is 12.3. The number of hydrogen-bond acceptors (Lipinski definition) is 6. The van der Waals surface area contributed by atoms with Crippen LogP contribution >= 0.6 is 11.3 Å². The maximum atomic E-state index is 13.3. The highest BCUT2D eigenvalue weighted by Gasteiger charge is 2.60. The van der Waals surface area contributed by atoms with Crippen LogP contribution in [0.3, 0.4) is 0 Å². The van der Waals surface area contributed by atoms with E-state index >= 15 is 0 Å². The van der Waals surface area contributed by atoms with E-state index in [-0.39, 0.29) is 11.3 Å². The maximum absolute atomic E-state index is 13.3. The first-order valence-corrected chi connectivity index (χ1v) is 12.3. The zero-order chi connectivity index (χ0) is 21.8. The van der Waals surface area contributed by atoms with E-state index in [2.05, 4.69) is 26.4 Å². The van der Waals surface area contributed by atoms with Crippen LogP contribution in [0, 0.1) is 17.3 Å². The maximum Gasteiger partial charge on any atom is 0.226 e. The summed E-state index contributed by atoms with van der Waals surface area (Å²) >= 11 is 1.66. The Bertz CT molecular complexity index is 1110. The predicted octanol–water partition coefficient (Wildman–Crippen LogP) is 3.52. The number of aliphatic hydroxyl groups is 1. The van der Waals surface area contributed by atoms with Crippen molar-refractivity contribution in [3.8, 4) is 21.8 Å². The minimum atomic E-state index is -0.624. The number of nitrogens with one attached hydrogen (secondary N) is 1. The molecule has 3 aromatic rings. The zero-order valence-electron chi connectivity index (χ0n) is 17.9. The van der Waals surface area contributed by atoms with Gasteiger partial charge >= 0.3 is 0 Å². The molecule has 1 amide bonds. The Morgan fingerprint density at radius 2 is 2.06 bits per heavy atom. The topological polar surface area (TPSA) is 92.9 Å². The first-order chi connectivity index (χ1) is 15.5. The quantitative estimate of drug-likeness (QED) is 0.601. The van der Waals surface area contributed by atoms with Gasteiger partial charge in [-0.3, -0.25) is 19.4 Å². The molecule has 3 heterocycles. The molecule has 32 heavy (non-hydrogen) atoms. The Morgan fingerprint density at radius 3 is 2.75 bits per heavy atom. The Labute approximate surface area is 190 Å². The van der Waals surface area contributed by atoms with Gasteiger partial charge in [0, 0.05) is 24.5 Å². The largest absolute Gasteiger partial charge is 0.390 e. The van der Waals surface area contributed by atoms with Crippen molar-refractivity contribution in [2.45, 2.75) is 50.7 Å². The molecule has 4 aliphatic rings. The fourth-order valence-electron chi connectivity index (χ4n) is 6.80. The van der Waals surface area contributed by atoms with Crippen LogP contribution in [-0.2, 0) is 11.3 Å². The van der Waals surface area contributed by atoms with Crippen molar-refractivity contribution in [1.29, 1.82) is 0 Å². The molecule has 4 aliphatic carbocycles. The Balaban J connectivity index is 1.20. The molecule has 7 rings (SSSR count). The standard InChI is InChI=1S/C24H27N5O2S/c30-22(23-9-16-8-17(10-23)12-24(31,11-16)15-23)27-5-6-29-21(20-2-1-7-32-20)18(13-28-29)19-14-25-3-4-26-19/h1-4,7,13-14,16-17,31H,5-6,8-12,15H2,(H,27,30). The van der Waals surface area contributed by atoms with Gasteiger partial charge < -0.3 is 10.4 Å². The number of thiophene rings is 1. The Kier molecular flexibility index (Phi) is 4.69. The van der Waals surface area contributed by atoms with Crippen molar-refractivity contribution in [2.75, 3.05) is 6.54 Å². The van der Waals surface area contributed by atoms with Gasteiger partial charge in [0.1, 0.15) is 0 Å². The molecule has 4 bridgehead atoms. The van der Waals surface area contributed by atoms with E-state index < -0.39 is 5.60 Å². The summed E-state index contributed by atoms with van der Waals surface area (Å²) in [5.74, 6) is 1.11. The molecule has 0 radical (unpaired) electrons. The monoisotopic (exact) mass is 449 g/mol. The van der Waals surface area contributed by atoms with Crippen LogP contribution in [0.1, 0.15) is 38.5 Å². The molecule has 2 atom stereocenters. The summed E-state index contributed by atoms with van der Waals surface area (Å²) in [6.45, 7) is 1.08. The molecule has 8 heteroatoms. The summed E-state index contributed by atoms with van der Waals surface area (Å²) in [5.41, 5.74) is 1.72. The summed E-state index contributed by atoms with van der Waals surface area (Å²) in [7, 11) is 0. The van der Waals surface area contributed by atoms with Crippen molar-refractivity contribution >= 4 is 17.2 Å². The fraction of sp³-hybridized carbons (Fsp3) is 0.500. The van der Waals surface area contributed by atoms with E-state index in [4.69, 9.17) is 0 Å². The van der Waals surface area contributed by atoms with E-state index in [9.17, 15) is 9.90 Å². The molecule has 0 aliphatic heterocycles. The smallest absolute Gasteiger partial charge is 0.226 e. The van der Waals surface area contributed by atoms with Crippen LogP contribution in [0.25, 0.3) is 21.8 Å². The van der Waals surface area contributed by atoms with E-state index in [1.807, 2.05) is 22.3 Å². The van der Waals surface area contributed by atoms with Crippen LogP contribution in [0.5, 0.6) is 0 Å². The van der Waals surface area contributed by atoms with Crippen LogP contribution < -0.4 is 5.32 Å². The molecule has 166 valence electrons. The van der Waals surface area contributed by atoms with Crippen LogP contribution in [0.2, 0.25) is 0 Å². The number of rotatable bonds is 6. The first kappa shape index (κ1) is 20.1. The minimum Gasteiger partial charge on any atom is -0.390 e. The van der Waals surface area contributed by atoms with Crippen molar-refractivity contribution in [2.24, 2.45) is 17.3 Å². The van der Waals surface area contributed by atoms with Crippen molar-refractivity contribution in [1.82, 2.24) is 25.1 Å². The second-order valence-corrected chi connectivity index (χ2v) is 10.9. The molecule has 0 spiro atoms. The zero-order valence-corrected chi connectivity index (χ0v) is 18.7. The molecule has 2 unspecified atom stereocenters. The summed E-state index contributed by atoms with van der Waals surface area (Å²) in [4.78, 5) is 23.1. The van der Waals surface area contributed by atoms with Gasteiger partial charge in [0.2, 0.25) is 5.91 Å². The van der Waals surface area contributed by atoms with Crippen molar-refractivity contribution < 1.29 is 9.90 Å². The van der Waals surface area contributed by atoms with Gasteiger partial charge in [-0.1, -0.05) is 6.07 Å². The number of nitrogens with zero attached hydrogens (tertiary/aromatic N) is 4. The fourth-order valence-corrected chi connectivity index (χ4v) is 7.58. The number of carbonyl (C=O) groups excluding carboxylic acids is 1. The highest BCUT2D eigenvalue weighted by atomic mass is 32.1. The highest BCUT2D eigenvalue weighted by molar-refractivity contribution is 7.13. The number of amides is 1. The molecule has 7 nitrogen and oxygen atoms in total. The molecule has 2 N–H and O–H groups in total. The lowest BCUT2D eigenvalue weighted by molar-refractivity contribution is -0.178. The van der Waals surface area contributed by atoms with Gasteiger partial charge in [-0.15, -0.1) is 11.3 Å². The van der Waals surface area contributed by atoms with Crippen LogP contribution in [-0.4, -0.2) is 42.9 Å². The van der Waals surface area contributed by atoms with Gasteiger partial charge in [0.15, 0.2) is 0 Å². The second-order valence-electron chi connectivity index (χ2n) is 9.92. The molecular weight excluding hydrogens is 422 g/mol. The summed E-state index contributed by atoms with van der Waals surface area (Å²) in [5, 5.41) is 20.8. The molecular formula is C24H27N5O2S. The third kappa shape index (κ3) is 3.36. The van der Waals surface area contributed by atoms with Gasteiger partial charge in [-0.05, 0) is 61.8 Å². The SMILES string of the molecule is O=C(NCCn1ncc(-c2cnccn2)c1-c1cccs1)C12CC3CC(CC(O)(C3)C1)C2. The van der Waals surface area contributed by atoms with E-state index in [1.54, 1.807) is 29.9 Å². The molecule has 0 saturated heterocycles. The summed E-state index contributed by atoms with van der Waals surface area (Å²) < 4.78 is 1.95. The van der Waals surface area contributed by atoms with Gasteiger partial charge in [-0.2, -0.15) is 5.10 Å². The Morgan fingerprint density at radius 1 is 1.22 bits per heavy atom. The van der Waals surface area contributed by atoms with E-state index in [0.29, 0.717) is 31.3 Å². The minimum absolute atomic E-state index is 0.115. The first-order valence-electron chi connectivity index (χ1n) is 11.4. The summed E-state index contributed by atoms with van der Waals surface area (Å²) in [6, 6.07) is 4.10. The predicted molar refractivity (Wildman–Crippen MR) is 122 cm³/mol. The van der Waals surface area contributed by atoms with Crippen LogP contribution in [0.4, 0.5) is 0 Å². The highest BCUT2D eigenvalue weighted by Crippen LogP contribution is 2.61. The normalized spacial score (nSPS) is 30.5. The number of carbonyl (C=O) groups is 1. The van der Waals surface area contributed by atoms with Gasteiger partial charge in [-0.25, -0.2) is 0 Å². The van der Waals surface area contributed by atoms with Crippen molar-refractivity contribution in [3.63, 3.8) is 0 Å². The second kappa shape index (κ2) is 7.49. The van der Waals surface area contributed by atoms with Crippen LogP contribution in [0.15, 0.2) is 42.3 Å². The lowest BCUT2D eigenvalue weighted by Gasteiger charge is -2.59. The molecule has 3 aromatic heterocycles. The Hall–Kier alpha value is -2.58. The van der Waals surface area contributed by atoms with E-state index in [1.165, 1.54) is 6.42 Å². The lowest BCUT2D eigenvalue weighted by atomic mass is 9.47. The average Bonchev–Trinajstić information content (AvgIpc) is 3.42. The van der Waals surface area contributed by atoms with Crippen molar-refractivity contribution in [3.05, 3.63) is 42.3 Å². The van der Waals surface area contributed by atoms with Gasteiger partial charge in [0.05, 0.1) is 46.2 Å². The molecule has 4 saturated carbocycles. The van der Waals surface area contributed by atoms with Gasteiger partial charge in [0.25, 0.3) is 0 Å². The average molecular weight is 450 g/mol. The van der Waals surface area contributed by atoms with E-state index in [0.717, 1.165) is 47.5 Å². The number of aromatic nitrogens is 4.